The van der Waals surface area contributed by atoms with Crippen LogP contribution in [-0.2, 0) is 30.2 Å². The minimum atomic E-state index is -3.68. The summed E-state index contributed by atoms with van der Waals surface area (Å²) in [6, 6.07) is 0. The molecule has 0 radical (unpaired) electrons. The van der Waals surface area contributed by atoms with Crippen molar-refractivity contribution in [3.63, 3.8) is 0 Å². The van der Waals surface area contributed by atoms with E-state index in [0.717, 1.165) is 0 Å². The number of furan rings is 1. The van der Waals surface area contributed by atoms with Gasteiger partial charge < -0.3 is 9.73 Å². The maximum atomic E-state index is 12.5. The molecule has 0 aliphatic carbocycles. The van der Waals surface area contributed by atoms with Gasteiger partial charge in [0.25, 0.3) is 0 Å². The lowest BCUT2D eigenvalue weighted by Gasteiger charge is -2.07. The summed E-state index contributed by atoms with van der Waals surface area (Å²) in [5.41, 5.74) is 0.636. The van der Waals surface area contributed by atoms with Gasteiger partial charge in [-0.25, -0.2) is 18.1 Å². The molecule has 2 aromatic rings. The fourth-order valence-electron chi connectivity index (χ4n) is 2.14. The van der Waals surface area contributed by atoms with Crippen molar-refractivity contribution in [1.29, 1.82) is 0 Å². The number of hydrogen-bond acceptors (Lipinski definition) is 6. The highest BCUT2D eigenvalue weighted by Crippen LogP contribution is 2.26. The fraction of sp³-hybridized carbons (Fsp3) is 0.500. The second kappa shape index (κ2) is 5.96. The smallest absolute Gasteiger partial charge is 0.244 e. The first kappa shape index (κ1) is 15.7. The van der Waals surface area contributed by atoms with Crippen molar-refractivity contribution in [1.82, 2.24) is 24.8 Å². The molecule has 2 heterocycles. The third-order valence-corrected chi connectivity index (χ3v) is 4.61. The van der Waals surface area contributed by atoms with Crippen LogP contribution in [0.25, 0.3) is 0 Å². The molecule has 0 amide bonds. The molecule has 0 aromatic carbocycles. The standard InChI is InChI=1S/C12H19N5O3S/c1-8-10(5-13-3)12(9(2)20-8)21(18,19)15-6-11-14-7-17(4)16-11/h7,13,15H,5-6H2,1-4H3. The summed E-state index contributed by atoms with van der Waals surface area (Å²) in [5, 5.41) is 6.98. The van der Waals surface area contributed by atoms with Crippen molar-refractivity contribution in [3.05, 3.63) is 29.2 Å². The van der Waals surface area contributed by atoms with Gasteiger partial charge in [-0.05, 0) is 20.9 Å². The normalized spacial score (nSPS) is 12.0. The molecule has 0 aliphatic heterocycles. The van der Waals surface area contributed by atoms with Gasteiger partial charge in [0, 0.05) is 19.2 Å². The van der Waals surface area contributed by atoms with E-state index < -0.39 is 10.0 Å². The van der Waals surface area contributed by atoms with E-state index >= 15 is 0 Å². The maximum absolute atomic E-state index is 12.5. The van der Waals surface area contributed by atoms with Crippen LogP contribution in [0.3, 0.4) is 0 Å². The largest absolute Gasteiger partial charge is 0.465 e. The van der Waals surface area contributed by atoms with E-state index in [1.165, 1.54) is 11.0 Å². The molecule has 2 N–H and O–H groups in total. The van der Waals surface area contributed by atoms with Crippen molar-refractivity contribution >= 4 is 10.0 Å². The van der Waals surface area contributed by atoms with E-state index in [2.05, 4.69) is 20.1 Å². The van der Waals surface area contributed by atoms with E-state index in [1.807, 2.05) is 0 Å². The summed E-state index contributed by atoms with van der Waals surface area (Å²) in [4.78, 5) is 4.17. The Hall–Kier alpha value is -1.71. The molecular formula is C12H19N5O3S. The van der Waals surface area contributed by atoms with Crippen molar-refractivity contribution in [2.24, 2.45) is 7.05 Å². The number of rotatable bonds is 6. The second-order valence-electron chi connectivity index (χ2n) is 4.71. The number of aromatic nitrogens is 3. The van der Waals surface area contributed by atoms with Crippen molar-refractivity contribution in [2.75, 3.05) is 7.05 Å². The Morgan fingerprint density at radius 3 is 2.57 bits per heavy atom. The predicted molar refractivity (Wildman–Crippen MR) is 76.0 cm³/mol. The van der Waals surface area contributed by atoms with Crippen molar-refractivity contribution in [3.8, 4) is 0 Å². The summed E-state index contributed by atoms with van der Waals surface area (Å²) in [6.45, 7) is 3.84. The van der Waals surface area contributed by atoms with Crippen LogP contribution in [0.5, 0.6) is 0 Å². The molecule has 0 saturated carbocycles. The summed E-state index contributed by atoms with van der Waals surface area (Å²) < 4.78 is 34.4. The monoisotopic (exact) mass is 313 g/mol. The molecule has 0 fully saturated rings. The predicted octanol–water partition coefficient (Wildman–Crippen LogP) is 0.223. The Kier molecular flexibility index (Phi) is 4.45. The van der Waals surface area contributed by atoms with Crippen LogP contribution in [0.15, 0.2) is 15.6 Å². The van der Waals surface area contributed by atoms with E-state index in [-0.39, 0.29) is 11.4 Å². The first-order valence-electron chi connectivity index (χ1n) is 6.42. The SMILES string of the molecule is CNCc1c(C)oc(C)c1S(=O)(=O)NCc1ncn(C)n1. The van der Waals surface area contributed by atoms with E-state index in [4.69, 9.17) is 4.42 Å². The minimum absolute atomic E-state index is 0.0336. The van der Waals surface area contributed by atoms with Crippen LogP contribution in [0.4, 0.5) is 0 Å². The molecular weight excluding hydrogens is 294 g/mol. The van der Waals surface area contributed by atoms with Gasteiger partial charge in [-0.1, -0.05) is 0 Å². The van der Waals surface area contributed by atoms with Crippen LogP contribution in [0.1, 0.15) is 22.9 Å². The molecule has 9 heteroatoms. The average Bonchev–Trinajstić information content (AvgIpc) is 2.92. The molecule has 0 unspecified atom stereocenters. The van der Waals surface area contributed by atoms with E-state index in [0.29, 0.717) is 29.5 Å². The minimum Gasteiger partial charge on any atom is -0.465 e. The van der Waals surface area contributed by atoms with Gasteiger partial charge in [0.15, 0.2) is 5.82 Å². The quantitative estimate of drug-likeness (QED) is 0.791. The number of nitrogens with one attached hydrogen (secondary N) is 2. The van der Waals surface area contributed by atoms with Crippen LogP contribution in [0.2, 0.25) is 0 Å². The summed E-state index contributed by atoms with van der Waals surface area (Å²) in [6.07, 6.45) is 1.52. The molecule has 0 aliphatic rings. The van der Waals surface area contributed by atoms with Gasteiger partial charge >= 0.3 is 0 Å². The number of sulfonamides is 1. The number of aryl methyl sites for hydroxylation is 3. The van der Waals surface area contributed by atoms with Gasteiger partial charge in [-0.2, -0.15) is 5.10 Å². The second-order valence-corrected chi connectivity index (χ2v) is 6.42. The lowest BCUT2D eigenvalue weighted by molar-refractivity contribution is 0.493. The van der Waals surface area contributed by atoms with Gasteiger partial charge in [0.2, 0.25) is 10.0 Å². The zero-order valence-corrected chi connectivity index (χ0v) is 13.3. The number of hydrogen-bond donors (Lipinski definition) is 2. The van der Waals surface area contributed by atoms with Gasteiger partial charge in [-0.3, -0.25) is 4.68 Å². The molecule has 0 spiro atoms. The topological polar surface area (TPSA) is 102 Å². The van der Waals surface area contributed by atoms with Gasteiger partial charge in [-0.15, -0.1) is 0 Å². The third-order valence-electron chi connectivity index (χ3n) is 3.01. The lowest BCUT2D eigenvalue weighted by atomic mass is 10.2. The van der Waals surface area contributed by atoms with Crippen LogP contribution >= 0.6 is 0 Å². The Bertz CT molecular complexity index is 732. The summed E-state index contributed by atoms with van der Waals surface area (Å²) in [7, 11) is -0.210. The molecule has 2 aromatic heterocycles. The highest BCUT2D eigenvalue weighted by atomic mass is 32.2. The van der Waals surface area contributed by atoms with Crippen LogP contribution in [-0.4, -0.2) is 30.2 Å². The van der Waals surface area contributed by atoms with E-state index in [1.54, 1.807) is 27.9 Å². The Morgan fingerprint density at radius 1 is 1.29 bits per heavy atom. The van der Waals surface area contributed by atoms with Gasteiger partial charge in [0.1, 0.15) is 22.7 Å². The summed E-state index contributed by atoms with van der Waals surface area (Å²) >= 11 is 0. The summed E-state index contributed by atoms with van der Waals surface area (Å²) in [5.74, 6) is 1.38. The van der Waals surface area contributed by atoms with E-state index in [9.17, 15) is 8.42 Å². The van der Waals surface area contributed by atoms with Crippen LogP contribution in [0, 0.1) is 13.8 Å². The maximum Gasteiger partial charge on any atom is 0.244 e. The fourth-order valence-corrected chi connectivity index (χ4v) is 3.56. The van der Waals surface area contributed by atoms with Gasteiger partial charge in [0.05, 0.1) is 6.54 Å². The highest BCUT2D eigenvalue weighted by Gasteiger charge is 2.26. The molecule has 116 valence electrons. The Morgan fingerprint density at radius 2 is 2.00 bits per heavy atom. The zero-order valence-electron chi connectivity index (χ0n) is 12.5. The number of nitrogens with zero attached hydrogens (tertiary/aromatic N) is 3. The molecule has 21 heavy (non-hydrogen) atoms. The molecule has 0 saturated heterocycles. The first-order chi connectivity index (χ1) is 9.85. The third kappa shape index (κ3) is 3.31. The molecule has 0 atom stereocenters. The lowest BCUT2D eigenvalue weighted by Crippen LogP contribution is -2.26. The average molecular weight is 313 g/mol. The zero-order chi connectivity index (χ0) is 15.6. The van der Waals surface area contributed by atoms with Crippen molar-refractivity contribution < 1.29 is 12.8 Å². The Labute approximate surface area is 123 Å². The Balaban J connectivity index is 2.27. The molecule has 2 rings (SSSR count). The highest BCUT2D eigenvalue weighted by molar-refractivity contribution is 7.89. The van der Waals surface area contributed by atoms with Crippen LogP contribution < -0.4 is 10.0 Å². The molecule has 8 nitrogen and oxygen atoms in total. The first-order valence-corrected chi connectivity index (χ1v) is 7.91. The molecule has 0 bridgehead atoms. The van der Waals surface area contributed by atoms with Crippen molar-refractivity contribution in [2.45, 2.75) is 31.8 Å².